The molecule has 4 aromatic rings. The molecule has 3 aromatic heterocycles. The Balaban J connectivity index is 1.19. The lowest BCUT2D eigenvalue weighted by Gasteiger charge is -2.46. The van der Waals surface area contributed by atoms with E-state index in [4.69, 9.17) is 30.8 Å². The molecule has 1 amide bonds. The van der Waals surface area contributed by atoms with Crippen molar-refractivity contribution in [2.45, 2.75) is 57.5 Å². The molecule has 3 aliphatic heterocycles. The summed E-state index contributed by atoms with van der Waals surface area (Å²) in [7, 11) is 0. The molecule has 4 fully saturated rings. The molecule has 1 saturated carbocycles. The van der Waals surface area contributed by atoms with Gasteiger partial charge >= 0.3 is 0 Å². The molecule has 3 saturated heterocycles. The molecule has 1 aromatic carbocycles. The summed E-state index contributed by atoms with van der Waals surface area (Å²) >= 11 is 6.81. The van der Waals surface area contributed by atoms with E-state index in [1.165, 1.54) is 6.33 Å². The zero-order valence-electron chi connectivity index (χ0n) is 22.3. The van der Waals surface area contributed by atoms with Gasteiger partial charge in [0.2, 0.25) is 5.88 Å². The van der Waals surface area contributed by atoms with Crippen LogP contribution in [-0.2, 0) is 16.1 Å². The van der Waals surface area contributed by atoms with Gasteiger partial charge in [-0.05, 0) is 62.6 Å². The molecule has 206 valence electrons. The Morgan fingerprint density at radius 2 is 1.95 bits per heavy atom. The van der Waals surface area contributed by atoms with Gasteiger partial charge in [0.25, 0.3) is 5.91 Å². The Kier molecular flexibility index (Phi) is 6.12. The van der Waals surface area contributed by atoms with Crippen molar-refractivity contribution < 1.29 is 19.0 Å². The third-order valence-electron chi connectivity index (χ3n) is 7.74. The second-order valence-electron chi connectivity index (χ2n) is 11.1. The van der Waals surface area contributed by atoms with Crippen LogP contribution in [0.2, 0.25) is 5.02 Å². The number of hydrogen-bond donors (Lipinski definition) is 0. The largest absolute Gasteiger partial charge is 0.484 e. The smallest absolute Gasteiger partial charge is 0.260 e. The number of carbonyl (C=O) groups is 1. The molecule has 10 nitrogen and oxygen atoms in total. The highest BCUT2D eigenvalue weighted by atomic mass is 35.5. The van der Waals surface area contributed by atoms with Crippen LogP contribution in [-0.4, -0.2) is 72.8 Å². The summed E-state index contributed by atoms with van der Waals surface area (Å²) < 4.78 is 19.6. The molecule has 40 heavy (non-hydrogen) atoms. The highest BCUT2D eigenvalue weighted by Crippen LogP contribution is 2.41. The molecule has 8 rings (SSSR count). The van der Waals surface area contributed by atoms with E-state index >= 15 is 0 Å². The van der Waals surface area contributed by atoms with E-state index in [-0.39, 0.29) is 30.3 Å². The number of amides is 1. The third kappa shape index (κ3) is 4.86. The predicted octanol–water partition coefficient (Wildman–Crippen LogP) is 4.21. The maximum atomic E-state index is 12.7. The van der Waals surface area contributed by atoms with E-state index in [0.29, 0.717) is 58.8 Å². The normalized spacial score (nSPS) is 20.7. The number of nitrogens with zero attached hydrogens (tertiary/aromatic N) is 6. The highest BCUT2D eigenvalue weighted by molar-refractivity contribution is 6.33. The number of aryl methyl sites for hydroxylation is 1. The minimum Gasteiger partial charge on any atom is -0.484 e. The quantitative estimate of drug-likeness (QED) is 0.316. The van der Waals surface area contributed by atoms with Gasteiger partial charge in [-0.15, -0.1) is 0 Å². The van der Waals surface area contributed by atoms with Crippen molar-refractivity contribution in [2.24, 2.45) is 0 Å². The fraction of sp³-hybridized carbons (Fsp3) is 0.414. The first-order chi connectivity index (χ1) is 19.3. The first-order valence-electron chi connectivity index (χ1n) is 13.5. The van der Waals surface area contributed by atoms with Crippen molar-refractivity contribution in [1.29, 1.82) is 0 Å². The molecule has 0 N–H and O–H groups in total. The highest BCUT2D eigenvalue weighted by Gasteiger charge is 2.41. The van der Waals surface area contributed by atoms with Crippen LogP contribution >= 0.6 is 11.6 Å². The lowest BCUT2D eigenvalue weighted by molar-refractivity contribution is -0.188. The molecule has 2 atom stereocenters. The Bertz CT molecular complexity index is 1600. The van der Waals surface area contributed by atoms with Crippen LogP contribution < -0.4 is 9.47 Å². The lowest BCUT2D eigenvalue weighted by atomic mass is 9.99. The van der Waals surface area contributed by atoms with E-state index in [9.17, 15) is 4.79 Å². The average Bonchev–Trinajstić information content (AvgIpc) is 3.55. The maximum Gasteiger partial charge on any atom is 0.260 e. The summed E-state index contributed by atoms with van der Waals surface area (Å²) in [4.78, 5) is 32.9. The number of benzene rings is 1. The summed E-state index contributed by atoms with van der Waals surface area (Å²) in [5, 5.41) is 0.441. The zero-order chi connectivity index (χ0) is 27.4. The predicted molar refractivity (Wildman–Crippen MR) is 147 cm³/mol. The van der Waals surface area contributed by atoms with Crippen LogP contribution in [0.1, 0.15) is 37.4 Å². The van der Waals surface area contributed by atoms with Crippen molar-refractivity contribution in [3.63, 3.8) is 0 Å². The van der Waals surface area contributed by atoms with E-state index in [1.807, 2.05) is 34.6 Å². The number of pyridine rings is 1. The third-order valence-corrected chi connectivity index (χ3v) is 8.06. The molecular formula is C29H29ClN6O4. The van der Waals surface area contributed by atoms with Gasteiger partial charge in [-0.1, -0.05) is 11.6 Å². The molecule has 11 heteroatoms. The number of rotatable bonds is 8. The summed E-state index contributed by atoms with van der Waals surface area (Å²) in [6.07, 6.45) is 6.60. The second kappa shape index (κ2) is 9.71. The first-order valence-corrected chi connectivity index (χ1v) is 13.9. The Labute approximate surface area is 236 Å². The van der Waals surface area contributed by atoms with Gasteiger partial charge in [-0.2, -0.15) is 4.98 Å². The van der Waals surface area contributed by atoms with Gasteiger partial charge in [0.05, 0.1) is 29.5 Å². The minimum absolute atomic E-state index is 0.0539. The molecule has 1 aliphatic carbocycles. The number of halogens is 1. The molecule has 4 aliphatic rings. The van der Waals surface area contributed by atoms with Crippen LogP contribution in [0.25, 0.3) is 22.6 Å². The van der Waals surface area contributed by atoms with Crippen LogP contribution in [0.5, 0.6) is 11.6 Å². The Morgan fingerprint density at radius 1 is 1.15 bits per heavy atom. The topological polar surface area (TPSA) is 104 Å². The fourth-order valence-electron chi connectivity index (χ4n) is 5.27. The SMILES string of the molecule is Cc1ccnc(Cn2c(-c3ccc(OCC(=O)N4C[C@H]5C[C@@H](C4)O5)cc3Cl)nc3c(OC4(C)CC4)ncnc32)c1. The van der Waals surface area contributed by atoms with E-state index in [0.717, 1.165) is 30.5 Å². The van der Waals surface area contributed by atoms with Gasteiger partial charge in [0.15, 0.2) is 17.8 Å². The van der Waals surface area contributed by atoms with Crippen molar-refractivity contribution in [3.05, 3.63) is 59.1 Å². The number of hydrogen-bond acceptors (Lipinski definition) is 8. The number of carbonyl (C=O) groups excluding carboxylic acids is 1. The van der Waals surface area contributed by atoms with Crippen LogP contribution in [0, 0.1) is 6.92 Å². The van der Waals surface area contributed by atoms with Gasteiger partial charge in [0, 0.05) is 31.3 Å². The first kappa shape index (κ1) is 25.2. The molecular weight excluding hydrogens is 532 g/mol. The number of imidazole rings is 1. The van der Waals surface area contributed by atoms with Crippen molar-refractivity contribution in [2.75, 3.05) is 19.7 Å². The zero-order valence-corrected chi connectivity index (χ0v) is 23.1. The molecule has 0 radical (unpaired) electrons. The summed E-state index contributed by atoms with van der Waals surface area (Å²) in [5.74, 6) is 1.53. The molecule has 6 heterocycles. The van der Waals surface area contributed by atoms with Gasteiger partial charge in [-0.3, -0.25) is 9.78 Å². The Morgan fingerprint density at radius 3 is 2.67 bits per heavy atom. The van der Waals surface area contributed by atoms with Gasteiger partial charge in [-0.25, -0.2) is 9.97 Å². The second-order valence-corrected chi connectivity index (χ2v) is 11.5. The minimum atomic E-state index is -0.223. The summed E-state index contributed by atoms with van der Waals surface area (Å²) in [5.41, 5.74) is 3.66. The summed E-state index contributed by atoms with van der Waals surface area (Å²) in [6, 6.07) is 9.36. The van der Waals surface area contributed by atoms with Crippen LogP contribution in [0.4, 0.5) is 0 Å². The van der Waals surface area contributed by atoms with E-state index < -0.39 is 0 Å². The van der Waals surface area contributed by atoms with Crippen molar-refractivity contribution >= 4 is 28.7 Å². The summed E-state index contributed by atoms with van der Waals surface area (Å²) in [6.45, 7) is 5.73. The van der Waals surface area contributed by atoms with E-state index in [2.05, 4.69) is 21.9 Å². The number of piperidine rings is 1. The molecule has 0 unspecified atom stereocenters. The van der Waals surface area contributed by atoms with Gasteiger partial charge < -0.3 is 23.7 Å². The van der Waals surface area contributed by atoms with Gasteiger partial charge in [0.1, 0.15) is 23.5 Å². The number of ether oxygens (including phenoxy) is 3. The standard InChI is InChI=1S/C29H29ClN6O4/c1-17-5-8-31-18(9-17)12-36-26(34-25-27(36)32-16-33-28(25)40-29(2)6-7-29)22-4-3-19(11-23(22)30)38-15-24(37)35-13-20-10-21(14-35)39-20/h3-5,8-9,11,16,20-21H,6-7,10,12-15H2,1-2H3/t20-,21+. The number of fused-ring (bicyclic) bond motifs is 3. The lowest BCUT2D eigenvalue weighted by Crippen LogP contribution is -2.59. The monoisotopic (exact) mass is 560 g/mol. The maximum absolute atomic E-state index is 12.7. The number of morpholine rings is 1. The average molecular weight is 561 g/mol. The van der Waals surface area contributed by atoms with Crippen molar-refractivity contribution in [3.8, 4) is 23.0 Å². The number of aromatic nitrogens is 5. The molecule has 2 bridgehead atoms. The van der Waals surface area contributed by atoms with Crippen LogP contribution in [0.15, 0.2) is 42.9 Å². The van der Waals surface area contributed by atoms with Crippen LogP contribution in [0.3, 0.4) is 0 Å². The fourth-order valence-corrected chi connectivity index (χ4v) is 5.52. The Hall–Kier alpha value is -3.76. The molecule has 0 spiro atoms. The van der Waals surface area contributed by atoms with Crippen molar-refractivity contribution in [1.82, 2.24) is 29.4 Å². The van der Waals surface area contributed by atoms with E-state index in [1.54, 1.807) is 18.3 Å².